The third-order valence-corrected chi connectivity index (χ3v) is 8.72. The largest absolute Gasteiger partial charge is 0.478 e. The van der Waals surface area contributed by atoms with E-state index in [-0.39, 0.29) is 31.7 Å². The molecule has 17 heteroatoms. The summed E-state index contributed by atoms with van der Waals surface area (Å²) >= 11 is 0. The molecular weight excluding hydrogens is 611 g/mol. The Hall–Kier alpha value is -4.68. The van der Waals surface area contributed by atoms with Crippen molar-refractivity contribution in [1.29, 1.82) is 0 Å². The Morgan fingerprint density at radius 2 is 1.10 bits per heavy atom. The second-order valence-corrected chi connectivity index (χ2v) is 13.2. The van der Waals surface area contributed by atoms with E-state index in [1.165, 1.54) is 97.1 Å². The maximum atomic E-state index is 12.1. The molecule has 0 amide bonds. The van der Waals surface area contributed by atoms with E-state index >= 15 is 0 Å². The summed E-state index contributed by atoms with van der Waals surface area (Å²) in [5.41, 5.74) is 11.9. The van der Waals surface area contributed by atoms with Crippen LogP contribution in [0.2, 0.25) is 0 Å². The Kier molecular flexibility index (Phi) is 9.76. The monoisotopic (exact) mass is 635 g/mol. The van der Waals surface area contributed by atoms with Gasteiger partial charge in [0.25, 0.3) is 20.0 Å². The summed E-state index contributed by atoms with van der Waals surface area (Å²) in [6, 6.07) is 21.9. The highest BCUT2D eigenvalue weighted by molar-refractivity contribution is 7.92. The number of sulfonamides is 3. The molecule has 0 aliphatic rings. The standard InChI is InChI=1S/C13H12N2O5S.C12H13N3O4S2/c14-9-5-7-10(8-6-9)21(18,19)15-20-12-4-2-1-3-11(12)13(16)17;13-9-1-5-12(6-2-9)21(18,19)15-10-3-7-11(8-4-10)20(14,16)17/h1-8,15H,14H2,(H,16,17);1-8,15H,13H2,(H2,14,16,17). The molecule has 42 heavy (non-hydrogen) atoms. The maximum absolute atomic E-state index is 12.1. The van der Waals surface area contributed by atoms with Crippen LogP contribution in [0.4, 0.5) is 17.1 Å². The van der Waals surface area contributed by atoms with Crippen LogP contribution in [0.25, 0.3) is 0 Å². The van der Waals surface area contributed by atoms with E-state index in [0.29, 0.717) is 11.4 Å². The average Bonchev–Trinajstić information content (AvgIpc) is 2.92. The topological polar surface area (TPSA) is 251 Å². The predicted octanol–water partition coefficient (Wildman–Crippen LogP) is 1.96. The zero-order valence-electron chi connectivity index (χ0n) is 21.4. The molecule has 0 unspecified atom stereocenters. The number of anilines is 3. The number of carbonyl (C=O) groups is 1. The van der Waals surface area contributed by atoms with Crippen molar-refractivity contribution in [3.63, 3.8) is 0 Å². The molecule has 0 saturated carbocycles. The highest BCUT2D eigenvalue weighted by Gasteiger charge is 2.18. The normalized spacial score (nSPS) is 11.5. The highest BCUT2D eigenvalue weighted by atomic mass is 32.2. The molecule has 0 heterocycles. The van der Waals surface area contributed by atoms with Gasteiger partial charge in [0.15, 0.2) is 5.75 Å². The van der Waals surface area contributed by atoms with Crippen LogP contribution in [0.1, 0.15) is 10.4 Å². The molecule has 4 aromatic rings. The molecule has 0 aliphatic heterocycles. The number of hydrogen-bond donors (Lipinski definition) is 6. The van der Waals surface area contributed by atoms with E-state index in [1.807, 2.05) is 4.89 Å². The maximum Gasteiger partial charge on any atom is 0.339 e. The summed E-state index contributed by atoms with van der Waals surface area (Å²) < 4.78 is 72.7. The lowest BCUT2D eigenvalue weighted by atomic mass is 10.2. The molecule has 14 nitrogen and oxygen atoms in total. The van der Waals surface area contributed by atoms with Gasteiger partial charge < -0.3 is 21.4 Å². The summed E-state index contributed by atoms with van der Waals surface area (Å²) in [5.74, 6) is -1.33. The van der Waals surface area contributed by atoms with Crippen molar-refractivity contribution in [2.45, 2.75) is 14.7 Å². The Morgan fingerprint density at radius 1 is 0.643 bits per heavy atom. The number of carboxylic acids is 1. The number of nitrogens with one attached hydrogen (secondary N) is 2. The van der Waals surface area contributed by atoms with Crippen molar-refractivity contribution >= 4 is 53.1 Å². The molecule has 0 fully saturated rings. The van der Waals surface area contributed by atoms with Crippen LogP contribution in [0, 0.1) is 0 Å². The Bertz CT molecular complexity index is 1880. The number of para-hydroxylation sites is 1. The molecule has 0 atom stereocenters. The lowest BCUT2D eigenvalue weighted by molar-refractivity contribution is 0.0690. The molecule has 4 aromatic carbocycles. The van der Waals surface area contributed by atoms with Crippen LogP contribution < -0.4 is 31.1 Å². The zero-order valence-corrected chi connectivity index (χ0v) is 23.9. The van der Waals surface area contributed by atoms with E-state index in [2.05, 4.69) is 4.72 Å². The van der Waals surface area contributed by atoms with Crippen molar-refractivity contribution in [1.82, 2.24) is 4.89 Å². The van der Waals surface area contributed by atoms with Gasteiger partial charge in [-0.05, 0) is 89.8 Å². The Labute approximate surface area is 241 Å². The fraction of sp³-hybridized carbons (Fsp3) is 0. The number of rotatable bonds is 9. The van der Waals surface area contributed by atoms with Gasteiger partial charge in [0.05, 0.1) is 14.7 Å². The van der Waals surface area contributed by atoms with E-state index in [4.69, 9.17) is 26.6 Å². The van der Waals surface area contributed by atoms with E-state index in [9.17, 15) is 30.0 Å². The lowest BCUT2D eigenvalue weighted by Gasteiger charge is -2.10. The minimum atomic E-state index is -3.94. The van der Waals surface area contributed by atoms with Gasteiger partial charge in [-0.2, -0.15) is 0 Å². The second-order valence-electron chi connectivity index (χ2n) is 8.30. The zero-order chi connectivity index (χ0) is 31.1. The first kappa shape index (κ1) is 31.8. The van der Waals surface area contributed by atoms with Crippen molar-refractivity contribution in [2.24, 2.45) is 5.14 Å². The van der Waals surface area contributed by atoms with E-state index in [1.54, 1.807) is 0 Å². The van der Waals surface area contributed by atoms with Crippen LogP contribution >= 0.6 is 0 Å². The van der Waals surface area contributed by atoms with Gasteiger partial charge in [-0.1, -0.05) is 12.1 Å². The fourth-order valence-electron chi connectivity index (χ4n) is 3.10. The number of primary sulfonamides is 1. The number of aromatic carboxylic acids is 1. The van der Waals surface area contributed by atoms with Gasteiger partial charge in [-0.25, -0.2) is 35.2 Å². The molecule has 0 bridgehead atoms. The van der Waals surface area contributed by atoms with Crippen LogP contribution in [-0.4, -0.2) is 36.3 Å². The number of benzene rings is 4. The first-order valence-corrected chi connectivity index (χ1v) is 16.0. The molecule has 222 valence electrons. The van der Waals surface area contributed by atoms with Crippen molar-refractivity contribution in [3.8, 4) is 5.75 Å². The molecular formula is C25H25N5O9S3. The number of carboxylic acid groups (broad SMARTS) is 1. The molecule has 0 radical (unpaired) electrons. The SMILES string of the molecule is Nc1ccc(S(=O)(=O)NOc2ccccc2C(=O)O)cc1.Nc1ccc(S(=O)(=O)Nc2ccc(S(N)(=O)=O)cc2)cc1. The van der Waals surface area contributed by atoms with Crippen molar-refractivity contribution in [3.05, 3.63) is 103 Å². The van der Waals surface area contributed by atoms with Gasteiger partial charge in [-0.15, -0.1) is 0 Å². The fourth-order valence-corrected chi connectivity index (χ4v) is 5.47. The van der Waals surface area contributed by atoms with Crippen LogP contribution in [0.5, 0.6) is 5.75 Å². The molecule has 4 rings (SSSR count). The van der Waals surface area contributed by atoms with Crippen LogP contribution in [-0.2, 0) is 30.1 Å². The first-order chi connectivity index (χ1) is 19.6. The third kappa shape index (κ3) is 8.66. The average molecular weight is 636 g/mol. The van der Waals surface area contributed by atoms with E-state index < -0.39 is 36.0 Å². The lowest BCUT2D eigenvalue weighted by Crippen LogP contribution is -2.28. The van der Waals surface area contributed by atoms with Gasteiger partial charge in [0.1, 0.15) is 5.56 Å². The van der Waals surface area contributed by atoms with Gasteiger partial charge in [-0.3, -0.25) is 4.72 Å². The molecule has 0 aromatic heterocycles. The quantitative estimate of drug-likeness (QED) is 0.114. The second kappa shape index (κ2) is 12.9. The number of nitrogen functional groups attached to an aromatic ring is 2. The summed E-state index contributed by atoms with van der Waals surface area (Å²) in [7, 11) is -11.5. The van der Waals surface area contributed by atoms with Crippen molar-refractivity contribution in [2.75, 3.05) is 16.2 Å². The summed E-state index contributed by atoms with van der Waals surface area (Å²) in [6.45, 7) is 0. The van der Waals surface area contributed by atoms with Gasteiger partial charge in [0.2, 0.25) is 10.0 Å². The first-order valence-electron chi connectivity index (χ1n) is 11.5. The minimum absolute atomic E-state index is 0.0484. The highest BCUT2D eigenvalue weighted by Crippen LogP contribution is 2.20. The molecule has 9 N–H and O–H groups in total. The van der Waals surface area contributed by atoms with Crippen molar-refractivity contribution < 1.29 is 40.0 Å². The number of nitrogens with two attached hydrogens (primary N) is 3. The molecule has 0 spiro atoms. The van der Waals surface area contributed by atoms with Crippen LogP contribution in [0.3, 0.4) is 0 Å². The molecule has 0 aliphatic carbocycles. The third-order valence-electron chi connectivity index (χ3n) is 5.19. The van der Waals surface area contributed by atoms with E-state index in [0.717, 1.165) is 0 Å². The predicted molar refractivity (Wildman–Crippen MR) is 155 cm³/mol. The minimum Gasteiger partial charge on any atom is -0.478 e. The molecule has 0 saturated heterocycles. The summed E-state index contributed by atoms with van der Waals surface area (Å²) in [5, 5.41) is 13.9. The Morgan fingerprint density at radius 3 is 1.57 bits per heavy atom. The smallest absolute Gasteiger partial charge is 0.339 e. The van der Waals surface area contributed by atoms with Crippen LogP contribution in [0.15, 0.2) is 112 Å². The summed E-state index contributed by atoms with van der Waals surface area (Å²) in [6.07, 6.45) is 0. The Balaban J connectivity index is 0.000000230. The van der Waals surface area contributed by atoms with Gasteiger partial charge >= 0.3 is 5.97 Å². The number of hydrogen-bond acceptors (Lipinski definition) is 10. The van der Waals surface area contributed by atoms with Gasteiger partial charge in [0, 0.05) is 17.1 Å². The summed E-state index contributed by atoms with van der Waals surface area (Å²) in [4.78, 5) is 17.7.